The molecule has 0 aromatic heterocycles. The van der Waals surface area contributed by atoms with Gasteiger partial charge in [0.2, 0.25) is 0 Å². The lowest BCUT2D eigenvalue weighted by molar-refractivity contribution is -0.856. The van der Waals surface area contributed by atoms with E-state index in [9.17, 15) is 10.0 Å². The number of carbonyl (C=O) groups excluding carboxylic acids is 1. The number of quaternary nitrogens is 1. The van der Waals surface area contributed by atoms with E-state index in [2.05, 4.69) is 4.74 Å². The monoisotopic (exact) mass is 159 g/mol. The quantitative estimate of drug-likeness (QED) is 0.392. The van der Waals surface area contributed by atoms with Crippen LogP contribution in [0.3, 0.4) is 0 Å². The van der Waals surface area contributed by atoms with Gasteiger partial charge in [0, 0.05) is 0 Å². The Kier molecular flexibility index (Phi) is 2.84. The zero-order valence-electron chi connectivity index (χ0n) is 6.63. The normalized spacial score (nSPS) is 31.5. The molecule has 1 heterocycles. The van der Waals surface area contributed by atoms with Crippen molar-refractivity contribution in [3.8, 4) is 0 Å². The average molecular weight is 159 g/mol. The second-order valence-corrected chi connectivity index (χ2v) is 2.86. The van der Waals surface area contributed by atoms with Gasteiger partial charge in [0.05, 0.1) is 20.2 Å². The molecule has 0 saturated carbocycles. The molecule has 1 saturated heterocycles. The number of ether oxygens (including phenoxy) is 1. The maximum absolute atomic E-state index is 10.9. The molecule has 1 fully saturated rings. The van der Waals surface area contributed by atoms with E-state index in [-0.39, 0.29) is 17.0 Å². The van der Waals surface area contributed by atoms with Crippen molar-refractivity contribution in [3.05, 3.63) is 5.21 Å². The van der Waals surface area contributed by atoms with Crippen LogP contribution in [-0.4, -0.2) is 26.2 Å². The topological polar surface area (TPSA) is 53.8 Å². The Hall–Kier alpha value is -0.610. The van der Waals surface area contributed by atoms with E-state index in [0.29, 0.717) is 13.1 Å². The number of piperidine rings is 1. The van der Waals surface area contributed by atoms with E-state index in [1.54, 1.807) is 0 Å². The summed E-state index contributed by atoms with van der Waals surface area (Å²) in [5.74, 6) is -0.403. The van der Waals surface area contributed by atoms with Crippen LogP contribution in [0.1, 0.15) is 12.8 Å². The highest BCUT2D eigenvalue weighted by atomic mass is 16.5. The maximum atomic E-state index is 10.9. The molecule has 0 bridgehead atoms. The summed E-state index contributed by atoms with van der Waals surface area (Å²) >= 11 is 0. The molecule has 1 aliphatic heterocycles. The first kappa shape index (κ1) is 8.49. The molecule has 1 aliphatic rings. The Bertz CT molecular complexity index is 149. The van der Waals surface area contributed by atoms with Crippen molar-refractivity contribution < 1.29 is 14.6 Å². The van der Waals surface area contributed by atoms with Crippen LogP contribution in [0.5, 0.6) is 0 Å². The standard InChI is InChI=1S/C7H13NO3/c1-11-7(9)6-3-2-4-8(10)5-6/h6,8H,2-5H2,1H3. The van der Waals surface area contributed by atoms with E-state index in [1.165, 1.54) is 7.11 Å². The first-order valence-corrected chi connectivity index (χ1v) is 3.83. The molecule has 2 atom stereocenters. The minimum atomic E-state index is -0.238. The van der Waals surface area contributed by atoms with Crippen molar-refractivity contribution in [1.82, 2.24) is 0 Å². The smallest absolute Gasteiger partial charge is 0.314 e. The van der Waals surface area contributed by atoms with Gasteiger partial charge in [0.25, 0.3) is 0 Å². The number of carbonyl (C=O) groups is 1. The predicted molar refractivity (Wildman–Crippen MR) is 38.8 cm³/mol. The van der Waals surface area contributed by atoms with Gasteiger partial charge in [-0.1, -0.05) is 0 Å². The summed E-state index contributed by atoms with van der Waals surface area (Å²) in [5.41, 5.74) is 0. The lowest BCUT2D eigenvalue weighted by atomic mass is 10.00. The molecule has 11 heavy (non-hydrogen) atoms. The van der Waals surface area contributed by atoms with E-state index in [1.807, 2.05) is 0 Å². The van der Waals surface area contributed by atoms with Crippen molar-refractivity contribution in [2.24, 2.45) is 5.92 Å². The Balaban J connectivity index is 2.39. The van der Waals surface area contributed by atoms with Gasteiger partial charge in [-0.3, -0.25) is 4.79 Å². The second kappa shape index (κ2) is 3.69. The van der Waals surface area contributed by atoms with Crippen LogP contribution in [0.15, 0.2) is 0 Å². The van der Waals surface area contributed by atoms with Crippen LogP contribution in [0, 0.1) is 11.1 Å². The summed E-state index contributed by atoms with van der Waals surface area (Å²) in [7, 11) is 1.36. The highest BCUT2D eigenvalue weighted by Gasteiger charge is 2.25. The molecule has 2 unspecified atom stereocenters. The van der Waals surface area contributed by atoms with Crippen molar-refractivity contribution in [2.75, 3.05) is 20.2 Å². The molecule has 4 nitrogen and oxygen atoms in total. The van der Waals surface area contributed by atoms with Gasteiger partial charge < -0.3 is 15.0 Å². The van der Waals surface area contributed by atoms with Crippen LogP contribution in [0.25, 0.3) is 0 Å². The summed E-state index contributed by atoms with van der Waals surface area (Å²) in [4.78, 5) is 10.9. The van der Waals surface area contributed by atoms with Crippen LogP contribution < -0.4 is 5.06 Å². The van der Waals surface area contributed by atoms with E-state index in [0.717, 1.165) is 12.8 Å². The van der Waals surface area contributed by atoms with Crippen molar-refractivity contribution in [2.45, 2.75) is 12.8 Å². The third-order valence-electron chi connectivity index (χ3n) is 2.02. The number of esters is 1. The summed E-state index contributed by atoms with van der Waals surface area (Å²) in [6, 6.07) is 0. The molecule has 0 aliphatic carbocycles. The van der Waals surface area contributed by atoms with Gasteiger partial charge in [-0.15, -0.1) is 0 Å². The molecular weight excluding hydrogens is 146 g/mol. The average Bonchev–Trinajstić information content (AvgIpc) is 2.03. The van der Waals surface area contributed by atoms with Gasteiger partial charge in [-0.05, 0) is 12.8 Å². The van der Waals surface area contributed by atoms with Gasteiger partial charge in [-0.25, -0.2) is 0 Å². The Labute approximate surface area is 65.7 Å². The molecule has 0 aromatic carbocycles. The fourth-order valence-electron chi connectivity index (χ4n) is 1.39. The SMILES string of the molecule is COC(=O)C1CCC[NH+]([O-])C1. The summed E-state index contributed by atoms with van der Waals surface area (Å²) in [5, 5.41) is 11.1. The molecule has 0 aromatic rings. The lowest BCUT2D eigenvalue weighted by Gasteiger charge is -2.30. The van der Waals surface area contributed by atoms with E-state index in [4.69, 9.17) is 0 Å². The van der Waals surface area contributed by atoms with Gasteiger partial charge >= 0.3 is 5.97 Å². The molecule has 4 heteroatoms. The number of hydrogen-bond acceptors (Lipinski definition) is 3. The number of nitrogens with one attached hydrogen (secondary N) is 1. The number of rotatable bonds is 1. The van der Waals surface area contributed by atoms with Crippen LogP contribution >= 0.6 is 0 Å². The van der Waals surface area contributed by atoms with Crippen molar-refractivity contribution in [1.29, 1.82) is 0 Å². The zero-order valence-corrected chi connectivity index (χ0v) is 6.63. The van der Waals surface area contributed by atoms with E-state index < -0.39 is 0 Å². The first-order chi connectivity index (χ1) is 5.24. The van der Waals surface area contributed by atoms with Crippen LogP contribution in [-0.2, 0) is 9.53 Å². The first-order valence-electron chi connectivity index (χ1n) is 3.83. The molecule has 1 N–H and O–H groups in total. The molecule has 1 rings (SSSR count). The number of methoxy groups -OCH3 is 1. The Morgan fingerprint density at radius 3 is 3.00 bits per heavy atom. The van der Waals surface area contributed by atoms with E-state index >= 15 is 0 Å². The minimum Gasteiger partial charge on any atom is -0.634 e. The minimum absolute atomic E-state index is 0.166. The van der Waals surface area contributed by atoms with Crippen molar-refractivity contribution in [3.63, 3.8) is 0 Å². The second-order valence-electron chi connectivity index (χ2n) is 2.86. The highest BCUT2D eigenvalue weighted by molar-refractivity contribution is 5.72. The van der Waals surface area contributed by atoms with Gasteiger partial charge in [0.15, 0.2) is 0 Å². The maximum Gasteiger partial charge on any atom is 0.314 e. The zero-order chi connectivity index (χ0) is 8.27. The molecular formula is C7H13NO3. The lowest BCUT2D eigenvalue weighted by Crippen LogP contribution is -3.09. The third-order valence-corrected chi connectivity index (χ3v) is 2.02. The molecule has 0 amide bonds. The largest absolute Gasteiger partial charge is 0.634 e. The van der Waals surface area contributed by atoms with Gasteiger partial charge in [0.1, 0.15) is 5.92 Å². The summed E-state index contributed by atoms with van der Waals surface area (Å²) in [6.07, 6.45) is 1.64. The summed E-state index contributed by atoms with van der Waals surface area (Å²) in [6.45, 7) is 1.01. The molecule has 64 valence electrons. The van der Waals surface area contributed by atoms with Crippen LogP contribution in [0.4, 0.5) is 0 Å². The van der Waals surface area contributed by atoms with Crippen LogP contribution in [0.2, 0.25) is 0 Å². The Morgan fingerprint density at radius 1 is 1.73 bits per heavy atom. The molecule has 0 radical (unpaired) electrons. The van der Waals surface area contributed by atoms with Gasteiger partial charge in [-0.2, -0.15) is 0 Å². The number of hydroxylamine groups is 2. The highest BCUT2D eigenvalue weighted by Crippen LogP contribution is 2.08. The fourth-order valence-corrected chi connectivity index (χ4v) is 1.39. The predicted octanol–water partition coefficient (Wildman–Crippen LogP) is -1.05. The fraction of sp³-hybridized carbons (Fsp3) is 0.857. The third kappa shape index (κ3) is 2.17. The molecule has 0 spiro atoms. The number of hydrogen-bond donors (Lipinski definition) is 1. The summed E-state index contributed by atoms with van der Waals surface area (Å²) < 4.78 is 4.55. The van der Waals surface area contributed by atoms with Crippen molar-refractivity contribution >= 4 is 5.97 Å². The Morgan fingerprint density at radius 2 is 2.45 bits per heavy atom.